The second-order valence-corrected chi connectivity index (χ2v) is 2.52. The smallest absolute Gasteiger partial charge is 0.266 e. The Morgan fingerprint density at radius 2 is 2.33 bits per heavy atom. The molecule has 4 nitrogen and oxygen atoms in total. The molecule has 0 aliphatic heterocycles. The highest BCUT2D eigenvalue weighted by atomic mass is 32.1. The minimum absolute atomic E-state index is 0.343. The van der Waals surface area contributed by atoms with Crippen LogP contribution in [0.15, 0.2) is 29.3 Å². The third-order valence-electron chi connectivity index (χ3n) is 1.36. The number of nitrogens with one attached hydrogen (secondary N) is 1. The summed E-state index contributed by atoms with van der Waals surface area (Å²) in [7, 11) is 0. The molecule has 0 fully saturated rings. The molecule has 0 bridgehead atoms. The second kappa shape index (κ2) is 2.86. The van der Waals surface area contributed by atoms with Crippen LogP contribution in [0.4, 0.5) is 0 Å². The number of aromatic nitrogens is 3. The van der Waals surface area contributed by atoms with Crippen molar-refractivity contribution in [3.8, 4) is 11.4 Å². The van der Waals surface area contributed by atoms with E-state index >= 15 is 0 Å². The van der Waals surface area contributed by atoms with E-state index in [-0.39, 0.29) is 0 Å². The number of hydrogen-bond acceptors (Lipinski definition) is 4. The lowest BCUT2D eigenvalue weighted by Crippen LogP contribution is -1.82. The molecule has 12 heavy (non-hydrogen) atoms. The number of nitrogens with zero attached hydrogens (tertiary/aromatic N) is 2. The highest BCUT2D eigenvalue weighted by Gasteiger charge is 1.99. The Balaban J connectivity index is 2.51. The fourth-order valence-corrected chi connectivity index (χ4v) is 1.00. The molecule has 2 rings (SSSR count). The minimum atomic E-state index is 0.343. The highest BCUT2D eigenvalue weighted by Crippen LogP contribution is 2.11. The number of H-pyrrole nitrogens is 1. The van der Waals surface area contributed by atoms with Crippen LogP contribution in [0.5, 0.6) is 0 Å². The van der Waals surface area contributed by atoms with Crippen LogP contribution in [0.3, 0.4) is 0 Å². The molecule has 60 valence electrons. The molecule has 0 atom stereocenters. The summed E-state index contributed by atoms with van der Waals surface area (Å²) in [5, 5.41) is 0. The summed E-state index contributed by atoms with van der Waals surface area (Å²) in [6.07, 6.45) is 6.37. The summed E-state index contributed by atoms with van der Waals surface area (Å²) in [5.74, 6) is 0. The van der Waals surface area contributed by atoms with Crippen LogP contribution in [0.2, 0.25) is 0 Å². The molecule has 0 aliphatic carbocycles. The van der Waals surface area contributed by atoms with Gasteiger partial charge in [0.15, 0.2) is 0 Å². The van der Waals surface area contributed by atoms with Gasteiger partial charge in [0.25, 0.3) is 4.84 Å². The monoisotopic (exact) mass is 179 g/mol. The van der Waals surface area contributed by atoms with Crippen molar-refractivity contribution >= 4 is 12.2 Å². The lowest BCUT2D eigenvalue weighted by Gasteiger charge is -1.90. The van der Waals surface area contributed by atoms with Gasteiger partial charge in [-0.15, -0.1) is 0 Å². The van der Waals surface area contributed by atoms with Crippen LogP contribution in [-0.2, 0) is 0 Å². The first-order valence-electron chi connectivity index (χ1n) is 3.30. The third-order valence-corrected chi connectivity index (χ3v) is 1.56. The van der Waals surface area contributed by atoms with Crippen LogP contribution in [0, 0.1) is 4.84 Å². The van der Waals surface area contributed by atoms with Gasteiger partial charge in [-0.1, -0.05) is 0 Å². The molecule has 2 aromatic heterocycles. The van der Waals surface area contributed by atoms with Gasteiger partial charge in [-0.05, 0) is 12.2 Å². The fourth-order valence-electron chi connectivity index (χ4n) is 0.844. The highest BCUT2D eigenvalue weighted by molar-refractivity contribution is 7.71. The molecular formula is C7H5N3OS. The van der Waals surface area contributed by atoms with Crippen LogP contribution >= 0.6 is 12.2 Å². The molecule has 0 unspecified atom stereocenters. The maximum atomic E-state index is 4.91. The van der Waals surface area contributed by atoms with Crippen molar-refractivity contribution in [3.63, 3.8) is 0 Å². The van der Waals surface area contributed by atoms with Gasteiger partial charge >= 0.3 is 0 Å². The van der Waals surface area contributed by atoms with E-state index < -0.39 is 0 Å². The zero-order valence-electron chi connectivity index (χ0n) is 6.02. The van der Waals surface area contributed by atoms with E-state index in [9.17, 15) is 0 Å². The van der Waals surface area contributed by atoms with E-state index in [1.54, 1.807) is 18.6 Å². The van der Waals surface area contributed by atoms with Crippen LogP contribution < -0.4 is 0 Å². The number of aromatic amines is 1. The van der Waals surface area contributed by atoms with Crippen molar-refractivity contribution < 1.29 is 4.42 Å². The SMILES string of the molecule is S=c1[nH]c(-c2cnccn2)co1. The summed E-state index contributed by atoms with van der Waals surface area (Å²) in [4.78, 5) is 11.2. The van der Waals surface area contributed by atoms with E-state index in [1.807, 2.05) is 0 Å². The van der Waals surface area contributed by atoms with E-state index in [0.717, 1.165) is 11.4 Å². The minimum Gasteiger partial charge on any atom is -0.437 e. The van der Waals surface area contributed by atoms with E-state index in [1.165, 1.54) is 6.26 Å². The van der Waals surface area contributed by atoms with Crippen LogP contribution in [-0.4, -0.2) is 15.0 Å². The summed E-state index contributed by atoms with van der Waals surface area (Å²) in [6.45, 7) is 0. The van der Waals surface area contributed by atoms with Gasteiger partial charge in [0.1, 0.15) is 17.7 Å². The van der Waals surface area contributed by atoms with Crippen molar-refractivity contribution in [3.05, 3.63) is 29.7 Å². The van der Waals surface area contributed by atoms with Crippen molar-refractivity contribution in [2.45, 2.75) is 0 Å². The first kappa shape index (κ1) is 7.17. The molecule has 0 aliphatic rings. The Morgan fingerprint density at radius 1 is 1.42 bits per heavy atom. The summed E-state index contributed by atoms with van der Waals surface area (Å²) in [5.41, 5.74) is 1.46. The van der Waals surface area contributed by atoms with Gasteiger partial charge in [0.2, 0.25) is 0 Å². The zero-order valence-corrected chi connectivity index (χ0v) is 6.84. The Kier molecular flexibility index (Phi) is 1.71. The summed E-state index contributed by atoms with van der Waals surface area (Å²) < 4.78 is 4.91. The van der Waals surface area contributed by atoms with Gasteiger partial charge in [0, 0.05) is 12.4 Å². The standard InChI is InChI=1S/C7H5N3OS/c12-7-10-6(4-11-7)5-3-8-1-2-9-5/h1-4H,(H,10,12). The molecule has 2 heterocycles. The van der Waals surface area contributed by atoms with Gasteiger partial charge in [0.05, 0.1) is 6.20 Å². The largest absolute Gasteiger partial charge is 0.437 e. The van der Waals surface area contributed by atoms with Gasteiger partial charge in [-0.3, -0.25) is 9.97 Å². The molecule has 0 radical (unpaired) electrons. The quantitative estimate of drug-likeness (QED) is 0.678. The van der Waals surface area contributed by atoms with E-state index in [2.05, 4.69) is 15.0 Å². The van der Waals surface area contributed by atoms with Gasteiger partial charge in [-0.2, -0.15) is 0 Å². The van der Waals surface area contributed by atoms with Crippen LogP contribution in [0.25, 0.3) is 11.4 Å². The molecule has 0 aromatic carbocycles. The van der Waals surface area contributed by atoms with E-state index in [0.29, 0.717) is 4.84 Å². The first-order valence-corrected chi connectivity index (χ1v) is 3.71. The van der Waals surface area contributed by atoms with Crippen molar-refractivity contribution in [2.24, 2.45) is 0 Å². The average Bonchev–Trinajstić information content (AvgIpc) is 2.54. The molecule has 0 spiro atoms. The summed E-state index contributed by atoms with van der Waals surface area (Å²) >= 11 is 4.76. The Bertz CT molecular complexity index is 419. The van der Waals surface area contributed by atoms with Crippen molar-refractivity contribution in [1.82, 2.24) is 15.0 Å². The summed E-state index contributed by atoms with van der Waals surface area (Å²) in [6, 6.07) is 0. The molecule has 0 saturated carbocycles. The van der Waals surface area contributed by atoms with Crippen molar-refractivity contribution in [1.29, 1.82) is 0 Å². The lowest BCUT2D eigenvalue weighted by atomic mass is 10.4. The van der Waals surface area contributed by atoms with Crippen LogP contribution in [0.1, 0.15) is 0 Å². The number of hydrogen-bond donors (Lipinski definition) is 1. The molecule has 0 saturated heterocycles. The first-order chi connectivity index (χ1) is 5.86. The molecule has 0 amide bonds. The molecule has 1 N–H and O–H groups in total. The molecule has 2 aromatic rings. The Morgan fingerprint density at radius 3 is 2.92 bits per heavy atom. The maximum Gasteiger partial charge on any atom is 0.266 e. The van der Waals surface area contributed by atoms with Gasteiger partial charge < -0.3 is 9.40 Å². The zero-order chi connectivity index (χ0) is 8.39. The predicted octanol–water partition coefficient (Wildman–Crippen LogP) is 1.79. The fraction of sp³-hybridized carbons (Fsp3) is 0. The number of rotatable bonds is 1. The maximum absolute atomic E-state index is 4.91. The second-order valence-electron chi connectivity index (χ2n) is 2.15. The average molecular weight is 179 g/mol. The lowest BCUT2D eigenvalue weighted by molar-refractivity contribution is 0.541. The molecule has 5 heteroatoms. The Labute approximate surface area is 73.3 Å². The predicted molar refractivity (Wildman–Crippen MR) is 44.9 cm³/mol. The molecular weight excluding hydrogens is 174 g/mol. The van der Waals surface area contributed by atoms with Gasteiger partial charge in [-0.25, -0.2) is 0 Å². The number of oxazole rings is 1. The normalized spacial score (nSPS) is 10.0. The van der Waals surface area contributed by atoms with E-state index in [4.69, 9.17) is 16.6 Å². The Hall–Kier alpha value is -1.49. The topological polar surface area (TPSA) is 54.7 Å². The van der Waals surface area contributed by atoms with Crippen molar-refractivity contribution in [2.75, 3.05) is 0 Å². The third kappa shape index (κ3) is 1.26.